The minimum atomic E-state index is -0.0357. The van der Waals surface area contributed by atoms with E-state index in [1.54, 1.807) is 23.5 Å². The summed E-state index contributed by atoms with van der Waals surface area (Å²) in [5.41, 5.74) is 2.12. The maximum absolute atomic E-state index is 12.5. The second-order valence-corrected chi connectivity index (χ2v) is 8.33. The lowest BCUT2D eigenvalue weighted by Gasteiger charge is -2.38. The highest BCUT2D eigenvalue weighted by molar-refractivity contribution is 7.18. The van der Waals surface area contributed by atoms with Crippen LogP contribution in [-0.4, -0.2) is 46.2 Å². The molecule has 0 bridgehead atoms. The summed E-state index contributed by atoms with van der Waals surface area (Å²) in [6.07, 6.45) is 0. The zero-order chi connectivity index (χ0) is 19.1. The van der Waals surface area contributed by atoms with Crippen molar-refractivity contribution in [1.82, 2.24) is 14.9 Å². The molecule has 4 rings (SSSR count). The van der Waals surface area contributed by atoms with E-state index in [0.717, 1.165) is 58.3 Å². The van der Waals surface area contributed by atoms with Gasteiger partial charge in [-0.3, -0.25) is 9.69 Å². The molecule has 7 heteroatoms. The summed E-state index contributed by atoms with van der Waals surface area (Å²) in [5.74, 6) is 1.03. The summed E-state index contributed by atoms with van der Waals surface area (Å²) in [6.45, 7) is 9.72. The fourth-order valence-corrected chi connectivity index (χ4v) is 4.71. The second kappa shape index (κ2) is 6.98. The van der Waals surface area contributed by atoms with Gasteiger partial charge in [0.2, 0.25) is 0 Å². The zero-order valence-corrected chi connectivity index (χ0v) is 16.6. The second-order valence-electron chi connectivity index (χ2n) is 7.13. The van der Waals surface area contributed by atoms with Crippen molar-refractivity contribution in [3.63, 3.8) is 0 Å². The number of nitrogens with zero attached hydrogens (tertiary/aromatic N) is 3. The predicted octanol–water partition coefficient (Wildman–Crippen LogP) is 3.19. The van der Waals surface area contributed by atoms with E-state index >= 15 is 0 Å². The average Bonchev–Trinajstić information content (AvgIpc) is 2.96. The molecule has 1 fully saturated rings. The van der Waals surface area contributed by atoms with Crippen molar-refractivity contribution in [3.05, 3.63) is 50.9 Å². The highest BCUT2D eigenvalue weighted by Crippen LogP contribution is 2.28. The Morgan fingerprint density at radius 3 is 2.48 bits per heavy atom. The van der Waals surface area contributed by atoms with Gasteiger partial charge in [0.05, 0.1) is 11.4 Å². The monoisotopic (exact) mass is 384 g/mol. The number of piperazine rings is 1. The Morgan fingerprint density at radius 2 is 1.81 bits per heavy atom. The molecule has 1 saturated heterocycles. The van der Waals surface area contributed by atoms with Crippen molar-refractivity contribution < 1.29 is 5.11 Å². The van der Waals surface area contributed by atoms with Gasteiger partial charge in [-0.05, 0) is 50.6 Å². The third-order valence-corrected chi connectivity index (χ3v) is 6.63. The number of hydrogen-bond donors (Lipinski definition) is 2. The smallest absolute Gasteiger partial charge is 0.259 e. The van der Waals surface area contributed by atoms with Gasteiger partial charge in [0.25, 0.3) is 5.56 Å². The molecule has 2 N–H and O–H groups in total. The topological polar surface area (TPSA) is 72.5 Å². The number of hydrogen-bond acceptors (Lipinski definition) is 6. The van der Waals surface area contributed by atoms with Gasteiger partial charge in [0.1, 0.15) is 16.4 Å². The van der Waals surface area contributed by atoms with E-state index in [9.17, 15) is 9.90 Å². The number of phenolic OH excluding ortho intramolecular Hbond substituents is 1. The lowest BCUT2D eigenvalue weighted by Crippen LogP contribution is -2.47. The lowest BCUT2D eigenvalue weighted by molar-refractivity contribution is 0.192. The molecule has 0 aliphatic carbocycles. The van der Waals surface area contributed by atoms with Gasteiger partial charge >= 0.3 is 0 Å². The van der Waals surface area contributed by atoms with Crippen molar-refractivity contribution in [2.45, 2.75) is 26.8 Å². The molecule has 3 heterocycles. The quantitative estimate of drug-likeness (QED) is 0.726. The van der Waals surface area contributed by atoms with Crippen molar-refractivity contribution in [2.24, 2.45) is 0 Å². The van der Waals surface area contributed by atoms with Crippen LogP contribution in [0.4, 0.5) is 5.69 Å². The van der Waals surface area contributed by atoms with Crippen LogP contribution in [0.1, 0.15) is 29.2 Å². The summed E-state index contributed by atoms with van der Waals surface area (Å²) in [6, 6.07) is 7.40. The number of aromatic amines is 1. The number of rotatable bonds is 3. The van der Waals surface area contributed by atoms with Crippen LogP contribution in [0.5, 0.6) is 5.75 Å². The molecule has 142 valence electrons. The van der Waals surface area contributed by atoms with Crippen molar-refractivity contribution in [1.29, 1.82) is 0 Å². The van der Waals surface area contributed by atoms with Crippen LogP contribution in [0.15, 0.2) is 29.1 Å². The first kappa shape index (κ1) is 18.0. The zero-order valence-electron chi connectivity index (χ0n) is 15.8. The third kappa shape index (κ3) is 3.33. The van der Waals surface area contributed by atoms with E-state index in [2.05, 4.69) is 21.7 Å². The Kier molecular flexibility index (Phi) is 4.65. The first-order valence-electron chi connectivity index (χ1n) is 9.22. The molecule has 0 amide bonds. The summed E-state index contributed by atoms with van der Waals surface area (Å²) >= 11 is 1.59. The fourth-order valence-electron chi connectivity index (χ4n) is 3.67. The number of H-pyrrole nitrogens is 1. The van der Waals surface area contributed by atoms with Crippen LogP contribution < -0.4 is 10.5 Å². The number of aryl methyl sites for hydroxylation is 2. The molecule has 1 atom stereocenters. The van der Waals surface area contributed by atoms with Gasteiger partial charge in [-0.25, -0.2) is 4.98 Å². The number of fused-ring (bicyclic) bond motifs is 1. The number of aromatic hydroxyl groups is 1. The lowest BCUT2D eigenvalue weighted by atomic mass is 10.2. The van der Waals surface area contributed by atoms with Gasteiger partial charge in [0.15, 0.2) is 0 Å². The van der Waals surface area contributed by atoms with Gasteiger partial charge in [-0.15, -0.1) is 11.3 Å². The molecule has 0 spiro atoms. The molecule has 0 unspecified atom stereocenters. The van der Waals surface area contributed by atoms with Gasteiger partial charge in [0, 0.05) is 36.7 Å². The van der Waals surface area contributed by atoms with Crippen molar-refractivity contribution in [2.75, 3.05) is 31.1 Å². The van der Waals surface area contributed by atoms with Crippen LogP contribution in [0.2, 0.25) is 0 Å². The van der Waals surface area contributed by atoms with E-state index in [4.69, 9.17) is 4.98 Å². The minimum Gasteiger partial charge on any atom is -0.508 e. The molecular formula is C20H24N4O2S. The van der Waals surface area contributed by atoms with Gasteiger partial charge in [-0.2, -0.15) is 0 Å². The van der Waals surface area contributed by atoms with E-state index < -0.39 is 0 Å². The van der Waals surface area contributed by atoms with Gasteiger partial charge in [-0.1, -0.05) is 0 Å². The molecule has 6 nitrogen and oxygen atoms in total. The van der Waals surface area contributed by atoms with Crippen LogP contribution in [0.25, 0.3) is 10.2 Å². The summed E-state index contributed by atoms with van der Waals surface area (Å²) in [5, 5.41) is 10.2. The standard InChI is InChI=1S/C20H24N4O2S/c1-12-14(3)27-20-17(12)19(26)21-18(22-20)13(2)23-8-10-24(11-9-23)15-4-6-16(25)7-5-15/h4-7,13,25H,8-11H2,1-3H3,(H,21,22,26)/t13-/m0/s1. The summed E-state index contributed by atoms with van der Waals surface area (Å²) in [7, 11) is 0. The normalized spacial score (nSPS) is 16.8. The predicted molar refractivity (Wildman–Crippen MR) is 110 cm³/mol. The largest absolute Gasteiger partial charge is 0.508 e. The number of phenols is 1. The maximum atomic E-state index is 12.5. The first-order chi connectivity index (χ1) is 12.9. The van der Waals surface area contributed by atoms with Crippen LogP contribution in [0, 0.1) is 13.8 Å². The molecule has 1 aromatic carbocycles. The molecule has 2 aromatic heterocycles. The Bertz CT molecular complexity index is 1020. The van der Waals surface area contributed by atoms with Gasteiger partial charge < -0.3 is 15.0 Å². The first-order valence-corrected chi connectivity index (χ1v) is 10.0. The van der Waals surface area contributed by atoms with Crippen LogP contribution in [0.3, 0.4) is 0 Å². The molecule has 3 aromatic rings. The number of thiophene rings is 1. The molecular weight excluding hydrogens is 360 g/mol. The van der Waals surface area contributed by atoms with E-state index in [0.29, 0.717) is 0 Å². The molecule has 1 aliphatic heterocycles. The summed E-state index contributed by atoms with van der Waals surface area (Å²) in [4.78, 5) is 27.0. The average molecular weight is 385 g/mol. The molecule has 27 heavy (non-hydrogen) atoms. The fraction of sp³-hybridized carbons (Fsp3) is 0.400. The third-order valence-electron chi connectivity index (χ3n) is 5.53. The van der Waals surface area contributed by atoms with Crippen LogP contribution >= 0.6 is 11.3 Å². The SMILES string of the molecule is Cc1sc2nc([C@H](C)N3CCN(c4ccc(O)cc4)CC3)[nH]c(=O)c2c1C. The number of anilines is 1. The maximum Gasteiger partial charge on any atom is 0.259 e. The Hall–Kier alpha value is -2.38. The van der Waals surface area contributed by atoms with Crippen molar-refractivity contribution >= 4 is 27.2 Å². The molecule has 0 radical (unpaired) electrons. The highest BCUT2D eigenvalue weighted by atomic mass is 32.1. The highest BCUT2D eigenvalue weighted by Gasteiger charge is 2.24. The molecule has 0 saturated carbocycles. The Morgan fingerprint density at radius 1 is 1.15 bits per heavy atom. The van der Waals surface area contributed by atoms with E-state index in [-0.39, 0.29) is 17.4 Å². The van der Waals surface area contributed by atoms with Crippen molar-refractivity contribution in [3.8, 4) is 5.75 Å². The number of nitrogens with one attached hydrogen (secondary N) is 1. The number of benzene rings is 1. The molecule has 1 aliphatic rings. The number of aromatic nitrogens is 2. The Labute approximate surface area is 162 Å². The summed E-state index contributed by atoms with van der Waals surface area (Å²) < 4.78 is 0. The van der Waals surface area contributed by atoms with E-state index in [1.807, 2.05) is 26.0 Å². The minimum absolute atomic E-state index is 0.0357. The van der Waals surface area contributed by atoms with E-state index in [1.165, 1.54) is 0 Å². The van der Waals surface area contributed by atoms with Crippen LogP contribution in [-0.2, 0) is 0 Å². The Balaban J connectivity index is 1.51.